The van der Waals surface area contributed by atoms with E-state index in [1.54, 1.807) is 12.1 Å². The summed E-state index contributed by atoms with van der Waals surface area (Å²) >= 11 is 0. The van der Waals surface area contributed by atoms with E-state index in [1.807, 2.05) is 18.2 Å². The molecule has 3 heteroatoms. The second-order valence-corrected chi connectivity index (χ2v) is 1.44. The first-order valence-electron chi connectivity index (χ1n) is 2.33. The van der Waals surface area contributed by atoms with Gasteiger partial charge in [-0.15, -0.1) is 0 Å². The van der Waals surface area contributed by atoms with E-state index in [0.717, 1.165) is 0 Å². The Morgan fingerprint density at radius 3 is 2.00 bits per heavy atom. The molecule has 2 nitrogen and oxygen atoms in total. The van der Waals surface area contributed by atoms with Gasteiger partial charge in [-0.05, 0) is 0 Å². The van der Waals surface area contributed by atoms with E-state index in [2.05, 4.69) is 4.98 Å². The van der Waals surface area contributed by atoms with Gasteiger partial charge in [0.25, 0.3) is 0 Å². The summed E-state index contributed by atoms with van der Waals surface area (Å²) in [4.78, 5) is 2.97. The molecule has 1 rings (SSSR count). The van der Waals surface area contributed by atoms with Crippen LogP contribution in [0.3, 0.4) is 0 Å². The summed E-state index contributed by atoms with van der Waals surface area (Å²) in [6.07, 6.45) is 0. The molecule has 0 spiro atoms. The SMILES string of the molecule is N#[N+]c1ccccc1.[Zn+2]. The molecule has 0 aliphatic heterocycles. The minimum absolute atomic E-state index is 0. The molecule has 0 fully saturated rings. The molecule has 38 valence electrons. The van der Waals surface area contributed by atoms with E-state index in [-0.39, 0.29) is 19.5 Å². The second kappa shape index (κ2) is 4.17. The van der Waals surface area contributed by atoms with Gasteiger partial charge in [0.15, 0.2) is 4.98 Å². The van der Waals surface area contributed by atoms with Gasteiger partial charge in [-0.25, -0.2) is 0 Å². The van der Waals surface area contributed by atoms with E-state index in [4.69, 9.17) is 5.39 Å². The van der Waals surface area contributed by atoms with Crippen molar-refractivity contribution in [2.75, 3.05) is 0 Å². The molecule has 0 bridgehead atoms. The van der Waals surface area contributed by atoms with Gasteiger partial charge >= 0.3 is 25.2 Å². The summed E-state index contributed by atoms with van der Waals surface area (Å²) in [7, 11) is 0. The first-order valence-corrected chi connectivity index (χ1v) is 2.33. The van der Waals surface area contributed by atoms with Crippen molar-refractivity contribution in [2.24, 2.45) is 0 Å². The van der Waals surface area contributed by atoms with E-state index >= 15 is 0 Å². The Bertz CT molecular complexity index is 202. The molecule has 0 aromatic heterocycles. The van der Waals surface area contributed by atoms with E-state index < -0.39 is 0 Å². The summed E-state index contributed by atoms with van der Waals surface area (Å²) in [5, 5.41) is 8.16. The Morgan fingerprint density at radius 1 is 1.11 bits per heavy atom. The third-order valence-electron chi connectivity index (χ3n) is 0.872. The summed E-state index contributed by atoms with van der Waals surface area (Å²) < 4.78 is 0. The van der Waals surface area contributed by atoms with Crippen LogP contribution in [0.4, 0.5) is 5.69 Å². The molecular formula is C6H5N2Zn+3. The van der Waals surface area contributed by atoms with Crippen molar-refractivity contribution in [1.82, 2.24) is 0 Å². The molecule has 0 heterocycles. The van der Waals surface area contributed by atoms with Gasteiger partial charge in [0, 0.05) is 12.1 Å². The fourth-order valence-electron chi connectivity index (χ4n) is 0.495. The standard InChI is InChI=1S/C6H5N2.Zn/c7-8-6-4-2-1-3-5-6;/h1-5H;/q+1;+2. The number of nitrogens with zero attached hydrogens (tertiary/aromatic N) is 2. The van der Waals surface area contributed by atoms with Gasteiger partial charge in [-0.1, -0.05) is 18.2 Å². The average Bonchev–Trinajstić information content (AvgIpc) is 1.90. The summed E-state index contributed by atoms with van der Waals surface area (Å²) in [6.45, 7) is 0. The summed E-state index contributed by atoms with van der Waals surface area (Å²) in [5.41, 5.74) is 0.590. The number of rotatable bonds is 0. The quantitative estimate of drug-likeness (QED) is 0.433. The summed E-state index contributed by atoms with van der Waals surface area (Å²) in [6, 6.07) is 8.94. The van der Waals surface area contributed by atoms with Crippen LogP contribution in [0, 0.1) is 5.39 Å². The molecule has 0 aliphatic carbocycles. The molecule has 0 unspecified atom stereocenters. The molecule has 0 saturated heterocycles. The van der Waals surface area contributed by atoms with Crippen molar-refractivity contribution in [3.63, 3.8) is 0 Å². The van der Waals surface area contributed by atoms with Gasteiger partial charge < -0.3 is 0 Å². The average molecular weight is 171 g/mol. The van der Waals surface area contributed by atoms with Crippen LogP contribution in [0.2, 0.25) is 0 Å². The zero-order valence-electron chi connectivity index (χ0n) is 4.99. The molecule has 1 aromatic carbocycles. The fourth-order valence-corrected chi connectivity index (χ4v) is 0.495. The summed E-state index contributed by atoms with van der Waals surface area (Å²) in [5.74, 6) is 0. The maximum absolute atomic E-state index is 8.16. The Kier molecular flexibility index (Phi) is 3.83. The number of benzene rings is 1. The Labute approximate surface area is 66.3 Å². The molecule has 0 radical (unpaired) electrons. The van der Waals surface area contributed by atoms with E-state index in [0.29, 0.717) is 5.69 Å². The van der Waals surface area contributed by atoms with Gasteiger partial charge in [-0.3, -0.25) is 0 Å². The first-order chi connectivity index (χ1) is 3.93. The van der Waals surface area contributed by atoms with Crippen LogP contribution in [0.25, 0.3) is 4.98 Å². The normalized spacial score (nSPS) is 7.00. The maximum Gasteiger partial charge on any atom is 2.00 e. The van der Waals surface area contributed by atoms with Crippen molar-refractivity contribution in [2.45, 2.75) is 0 Å². The van der Waals surface area contributed by atoms with Crippen LogP contribution >= 0.6 is 0 Å². The fraction of sp³-hybridized carbons (Fsp3) is 0. The number of hydrogen-bond donors (Lipinski definition) is 0. The minimum Gasteiger partial charge on any atom is -0.0617 e. The molecule has 9 heavy (non-hydrogen) atoms. The minimum atomic E-state index is 0. The largest absolute Gasteiger partial charge is 2.00 e. The molecule has 0 atom stereocenters. The Morgan fingerprint density at radius 2 is 1.67 bits per heavy atom. The van der Waals surface area contributed by atoms with Crippen molar-refractivity contribution in [3.05, 3.63) is 35.3 Å². The van der Waals surface area contributed by atoms with Crippen LogP contribution in [-0.4, -0.2) is 0 Å². The topological polar surface area (TPSA) is 28.1 Å². The third kappa shape index (κ3) is 2.34. The zero-order chi connectivity index (χ0) is 5.82. The third-order valence-corrected chi connectivity index (χ3v) is 0.872. The first kappa shape index (κ1) is 8.26. The van der Waals surface area contributed by atoms with Crippen molar-refractivity contribution in [1.29, 1.82) is 5.39 Å². The van der Waals surface area contributed by atoms with E-state index in [9.17, 15) is 0 Å². The molecule has 0 saturated carbocycles. The van der Waals surface area contributed by atoms with Crippen LogP contribution in [0.15, 0.2) is 30.3 Å². The molecule has 0 N–H and O–H groups in total. The number of diazo groups is 1. The van der Waals surface area contributed by atoms with Gasteiger partial charge in [-0.2, -0.15) is 0 Å². The van der Waals surface area contributed by atoms with Crippen LogP contribution in [0.1, 0.15) is 0 Å². The number of hydrogen-bond acceptors (Lipinski definition) is 1. The predicted molar refractivity (Wildman–Crippen MR) is 31.2 cm³/mol. The van der Waals surface area contributed by atoms with Crippen LogP contribution in [-0.2, 0) is 19.5 Å². The van der Waals surface area contributed by atoms with Gasteiger partial charge in [0.1, 0.15) is 0 Å². The van der Waals surface area contributed by atoms with Crippen molar-refractivity contribution >= 4 is 5.69 Å². The van der Waals surface area contributed by atoms with Crippen LogP contribution < -0.4 is 0 Å². The second-order valence-electron chi connectivity index (χ2n) is 1.44. The van der Waals surface area contributed by atoms with Crippen molar-refractivity contribution in [3.8, 4) is 0 Å². The monoisotopic (exact) mass is 169 g/mol. The Hall–Kier alpha value is -0.737. The van der Waals surface area contributed by atoms with Crippen LogP contribution in [0.5, 0.6) is 0 Å². The molecular weight excluding hydrogens is 165 g/mol. The maximum atomic E-state index is 8.16. The zero-order valence-corrected chi connectivity index (χ0v) is 7.96. The van der Waals surface area contributed by atoms with Gasteiger partial charge in [0.2, 0.25) is 5.39 Å². The molecule has 1 aromatic rings. The predicted octanol–water partition coefficient (Wildman–Crippen LogP) is 2.17. The van der Waals surface area contributed by atoms with Crippen molar-refractivity contribution < 1.29 is 19.5 Å². The molecule has 0 amide bonds. The van der Waals surface area contributed by atoms with Gasteiger partial charge in [0.05, 0.1) is 0 Å². The Balaban J connectivity index is 0.000000640. The smallest absolute Gasteiger partial charge is 0.0617 e. The van der Waals surface area contributed by atoms with E-state index in [1.165, 1.54) is 0 Å². The molecule has 0 aliphatic rings.